The minimum Gasteiger partial charge on any atom is -0.456 e. The number of rotatable bonds is 6. The van der Waals surface area contributed by atoms with E-state index in [1.54, 1.807) is 14.2 Å². The topological polar surface area (TPSA) is 27.7 Å². The summed E-state index contributed by atoms with van der Waals surface area (Å²) in [6.07, 6.45) is 4.74. The third kappa shape index (κ3) is 3.50. The molecule has 0 heterocycles. The molecule has 2 aromatic carbocycles. The van der Waals surface area contributed by atoms with Gasteiger partial charge in [-0.1, -0.05) is 72.9 Å². The summed E-state index contributed by atoms with van der Waals surface area (Å²) in [6, 6.07) is 19.7. The normalized spacial score (nSPS) is 14.7. The van der Waals surface area contributed by atoms with Crippen molar-refractivity contribution in [1.82, 2.24) is 0 Å². The Labute approximate surface area is 154 Å². The Morgan fingerprint density at radius 3 is 2.08 bits per heavy atom. The van der Waals surface area contributed by atoms with E-state index in [2.05, 4.69) is 0 Å². The predicted molar refractivity (Wildman–Crippen MR) is 106 cm³/mol. The molecule has 2 aromatic rings. The van der Waals surface area contributed by atoms with E-state index >= 15 is 0 Å². The maximum Gasteiger partial charge on any atom is 0.410 e. The average Bonchev–Trinajstić information content (AvgIpc) is 2.67. The van der Waals surface area contributed by atoms with Crippen molar-refractivity contribution >= 4 is 30.8 Å². The first-order valence-corrected chi connectivity index (χ1v) is 10.3. The van der Waals surface area contributed by atoms with Crippen molar-refractivity contribution in [3.05, 3.63) is 83.8 Å². The lowest BCUT2D eigenvalue weighted by Gasteiger charge is -2.32. The van der Waals surface area contributed by atoms with Gasteiger partial charge in [-0.15, -0.1) is 0 Å². The molecule has 5 heteroatoms. The Balaban J connectivity index is 2.15. The van der Waals surface area contributed by atoms with E-state index in [0.29, 0.717) is 12.2 Å². The summed E-state index contributed by atoms with van der Waals surface area (Å²) >= 11 is 5.59. The summed E-state index contributed by atoms with van der Waals surface area (Å²) in [6.45, 7) is 0. The number of benzene rings is 2. The first kappa shape index (κ1) is 17.8. The fraction of sp³-hybridized carbons (Fsp3) is 0.150. The molecule has 0 unspecified atom stereocenters. The highest BCUT2D eigenvalue weighted by atomic mass is 32.1. The molecule has 0 spiro atoms. The molecule has 0 aromatic heterocycles. The number of thiocarbonyl (C=S) groups is 1. The van der Waals surface area contributed by atoms with Gasteiger partial charge in [0.2, 0.25) is 0 Å². The molecule has 0 saturated carbocycles. The molecule has 25 heavy (non-hydrogen) atoms. The minimum atomic E-state index is -2.90. The zero-order chi connectivity index (χ0) is 17.7. The second kappa shape index (κ2) is 7.88. The third-order valence-electron chi connectivity index (χ3n) is 4.13. The van der Waals surface area contributed by atoms with Gasteiger partial charge in [0.25, 0.3) is 0 Å². The summed E-state index contributed by atoms with van der Waals surface area (Å²) in [7, 11) is 0.467. The fourth-order valence-electron chi connectivity index (χ4n) is 2.93. The van der Waals surface area contributed by atoms with Gasteiger partial charge in [-0.3, -0.25) is 0 Å². The molecule has 0 N–H and O–H groups in total. The van der Waals surface area contributed by atoms with Crippen LogP contribution in [0.3, 0.4) is 0 Å². The van der Waals surface area contributed by atoms with Gasteiger partial charge in [0.05, 0.1) is 4.86 Å². The van der Waals surface area contributed by atoms with Gasteiger partial charge in [-0.2, -0.15) is 0 Å². The second-order valence-electron chi connectivity index (χ2n) is 5.58. The molecule has 128 valence electrons. The van der Waals surface area contributed by atoms with Crippen LogP contribution in [0.4, 0.5) is 0 Å². The van der Waals surface area contributed by atoms with Gasteiger partial charge in [-0.25, -0.2) is 0 Å². The van der Waals surface area contributed by atoms with Crippen LogP contribution in [0.15, 0.2) is 83.8 Å². The number of allylic oxidation sites excluding steroid dienone is 4. The Morgan fingerprint density at radius 2 is 1.48 bits per heavy atom. The van der Waals surface area contributed by atoms with Crippen molar-refractivity contribution in [2.24, 2.45) is 0 Å². The number of hydrogen-bond acceptors (Lipinski definition) is 4. The lowest BCUT2D eigenvalue weighted by molar-refractivity contribution is 0.266. The van der Waals surface area contributed by atoms with E-state index in [4.69, 9.17) is 25.8 Å². The molecule has 0 radical (unpaired) electrons. The van der Waals surface area contributed by atoms with Gasteiger partial charge in [0.1, 0.15) is 11.5 Å². The molecule has 0 saturated heterocycles. The van der Waals surface area contributed by atoms with Crippen LogP contribution in [0.1, 0.15) is 6.42 Å². The van der Waals surface area contributed by atoms with Crippen molar-refractivity contribution < 1.29 is 13.6 Å². The Kier molecular flexibility index (Phi) is 5.60. The second-order valence-corrected chi connectivity index (χ2v) is 9.24. The zero-order valence-corrected chi connectivity index (χ0v) is 16.1. The lowest BCUT2D eigenvalue weighted by atomic mass is 10.1. The molecule has 1 aliphatic rings. The molecular weight excluding hydrogens is 348 g/mol. The highest BCUT2D eigenvalue weighted by Gasteiger charge is 2.45. The van der Waals surface area contributed by atoms with E-state index in [1.807, 2.05) is 72.8 Å². The highest BCUT2D eigenvalue weighted by Crippen LogP contribution is 2.29. The van der Waals surface area contributed by atoms with Crippen molar-refractivity contribution in [1.29, 1.82) is 0 Å². The lowest BCUT2D eigenvalue weighted by Crippen LogP contribution is -2.55. The van der Waals surface area contributed by atoms with Gasteiger partial charge >= 0.3 is 8.56 Å². The van der Waals surface area contributed by atoms with Crippen LogP contribution in [-0.4, -0.2) is 27.6 Å². The molecule has 0 bridgehead atoms. The summed E-state index contributed by atoms with van der Waals surface area (Å²) in [5.41, 5.74) is 0. The van der Waals surface area contributed by atoms with Gasteiger partial charge in [0.15, 0.2) is 0 Å². The van der Waals surface area contributed by atoms with Crippen molar-refractivity contribution in [2.75, 3.05) is 14.2 Å². The van der Waals surface area contributed by atoms with Crippen LogP contribution in [0.5, 0.6) is 5.75 Å². The Hall–Kier alpha value is -2.05. The van der Waals surface area contributed by atoms with Crippen LogP contribution >= 0.6 is 12.2 Å². The fourth-order valence-corrected chi connectivity index (χ4v) is 6.13. The molecular formula is C20H20O3SSi. The van der Waals surface area contributed by atoms with Crippen LogP contribution in [-0.2, 0) is 8.85 Å². The summed E-state index contributed by atoms with van der Waals surface area (Å²) in [5.74, 6) is 1.42. The van der Waals surface area contributed by atoms with Gasteiger partial charge in [0, 0.05) is 25.8 Å². The molecule has 0 atom stereocenters. The van der Waals surface area contributed by atoms with Crippen LogP contribution in [0, 0.1) is 0 Å². The predicted octanol–water partition coefficient (Wildman–Crippen LogP) is 3.83. The van der Waals surface area contributed by atoms with Crippen LogP contribution < -0.4 is 9.92 Å². The van der Waals surface area contributed by atoms with Gasteiger partial charge in [-0.05, 0) is 17.3 Å². The number of hydrogen-bond donors (Lipinski definition) is 0. The largest absolute Gasteiger partial charge is 0.456 e. The summed E-state index contributed by atoms with van der Waals surface area (Å²) < 4.78 is 18.2. The van der Waals surface area contributed by atoms with Crippen molar-refractivity contribution in [3.8, 4) is 5.75 Å². The van der Waals surface area contributed by atoms with E-state index in [9.17, 15) is 0 Å². The van der Waals surface area contributed by atoms with Gasteiger partial charge < -0.3 is 13.6 Å². The molecule has 1 aliphatic carbocycles. The smallest absolute Gasteiger partial charge is 0.410 e. The van der Waals surface area contributed by atoms with E-state index in [1.165, 1.54) is 0 Å². The first-order valence-electron chi connectivity index (χ1n) is 8.04. The molecule has 3 rings (SSSR count). The SMILES string of the molecule is CO[Si](OC)(C1=C(Oc2ccccc2)C(=S)CC=C1)c1ccccc1. The maximum atomic E-state index is 6.17. The van der Waals surface area contributed by atoms with Crippen molar-refractivity contribution in [3.63, 3.8) is 0 Å². The monoisotopic (exact) mass is 368 g/mol. The first-order chi connectivity index (χ1) is 12.2. The number of para-hydroxylation sites is 1. The quantitative estimate of drug-likeness (QED) is 0.572. The van der Waals surface area contributed by atoms with Crippen LogP contribution in [0.25, 0.3) is 0 Å². The standard InChI is InChI=1S/C20H20O3SSi/c1-21-25(22-2,17-12-7-4-8-13-17)19-15-9-14-18(24)20(19)23-16-10-5-3-6-11-16/h3-13,15H,14H2,1-2H3. The van der Waals surface area contributed by atoms with E-state index < -0.39 is 8.56 Å². The molecule has 0 amide bonds. The zero-order valence-electron chi connectivity index (χ0n) is 14.3. The highest BCUT2D eigenvalue weighted by molar-refractivity contribution is 7.80. The van der Waals surface area contributed by atoms with E-state index in [-0.39, 0.29) is 0 Å². The molecule has 0 aliphatic heterocycles. The van der Waals surface area contributed by atoms with Crippen LogP contribution in [0.2, 0.25) is 0 Å². The Morgan fingerprint density at radius 1 is 0.880 bits per heavy atom. The number of ether oxygens (including phenoxy) is 1. The maximum absolute atomic E-state index is 6.17. The Bertz CT molecular complexity index is 796. The molecule has 0 fully saturated rings. The minimum absolute atomic E-state index is 0.669. The molecule has 3 nitrogen and oxygen atoms in total. The summed E-state index contributed by atoms with van der Waals surface area (Å²) in [4.78, 5) is 0.753. The van der Waals surface area contributed by atoms with Crippen molar-refractivity contribution in [2.45, 2.75) is 6.42 Å². The average molecular weight is 369 g/mol. The third-order valence-corrected chi connectivity index (χ3v) is 7.83. The van der Waals surface area contributed by atoms with E-state index in [0.717, 1.165) is 21.0 Å². The summed E-state index contributed by atoms with van der Waals surface area (Å²) in [5, 5.41) is 1.90.